The summed E-state index contributed by atoms with van der Waals surface area (Å²) in [5, 5.41) is 13.8. The minimum atomic E-state index is -0.993. The van der Waals surface area contributed by atoms with Crippen molar-refractivity contribution in [2.45, 2.75) is 58.7 Å². The van der Waals surface area contributed by atoms with Gasteiger partial charge in [0.05, 0.1) is 23.8 Å². The monoisotopic (exact) mass is 400 g/mol. The Bertz CT molecular complexity index is 885. The molecule has 1 fully saturated rings. The van der Waals surface area contributed by atoms with E-state index in [2.05, 4.69) is 5.10 Å². The molecule has 1 aliphatic rings. The zero-order valence-electron chi connectivity index (χ0n) is 17.3. The zero-order chi connectivity index (χ0) is 21.1. The molecule has 1 unspecified atom stereocenters. The second-order valence-electron chi connectivity index (χ2n) is 7.85. The fourth-order valence-corrected chi connectivity index (χ4v) is 3.74. The molecule has 1 aliphatic carbocycles. The Morgan fingerprint density at radius 1 is 1.21 bits per heavy atom. The first-order chi connectivity index (χ1) is 13.8. The molecule has 1 heterocycles. The minimum Gasteiger partial charge on any atom is -0.490 e. The normalized spacial score (nSPS) is 19.2. The third-order valence-electron chi connectivity index (χ3n) is 5.29. The molecule has 2 atom stereocenters. The van der Waals surface area contributed by atoms with Crippen LogP contribution in [0.3, 0.4) is 0 Å². The number of benzene rings is 1. The number of aromatic carboxylic acids is 1. The third-order valence-corrected chi connectivity index (χ3v) is 5.29. The summed E-state index contributed by atoms with van der Waals surface area (Å²) < 4.78 is 13.0. The van der Waals surface area contributed by atoms with Crippen molar-refractivity contribution in [2.24, 2.45) is 13.0 Å². The number of rotatable bonds is 6. The quantitative estimate of drug-likeness (QED) is 0.738. The van der Waals surface area contributed by atoms with Gasteiger partial charge in [-0.05, 0) is 70.7 Å². The number of hydrogen-bond acceptors (Lipinski definition) is 5. The van der Waals surface area contributed by atoms with Gasteiger partial charge in [0, 0.05) is 12.6 Å². The van der Waals surface area contributed by atoms with E-state index in [1.165, 1.54) is 0 Å². The molecule has 156 valence electrons. The highest BCUT2D eigenvalue weighted by Crippen LogP contribution is 2.31. The summed E-state index contributed by atoms with van der Waals surface area (Å²) in [5.41, 5.74) is 1.98. The number of carbonyl (C=O) groups is 2. The average molecular weight is 400 g/mol. The lowest BCUT2D eigenvalue weighted by molar-refractivity contribution is -0.154. The van der Waals surface area contributed by atoms with Crippen LogP contribution in [0.25, 0.3) is 11.3 Å². The molecule has 3 rings (SSSR count). The van der Waals surface area contributed by atoms with E-state index in [0.29, 0.717) is 23.6 Å². The van der Waals surface area contributed by atoms with Gasteiger partial charge >= 0.3 is 11.9 Å². The Kier molecular flexibility index (Phi) is 6.25. The van der Waals surface area contributed by atoms with Crippen molar-refractivity contribution in [1.82, 2.24) is 9.78 Å². The molecule has 0 amide bonds. The van der Waals surface area contributed by atoms with E-state index in [-0.39, 0.29) is 29.7 Å². The number of esters is 1. The summed E-state index contributed by atoms with van der Waals surface area (Å²) >= 11 is 0. The highest BCUT2D eigenvalue weighted by atomic mass is 16.5. The molecule has 1 aromatic heterocycles. The molecule has 1 saturated carbocycles. The Hall–Kier alpha value is -2.83. The van der Waals surface area contributed by atoms with E-state index in [1.807, 2.05) is 38.1 Å². The van der Waals surface area contributed by atoms with Gasteiger partial charge in [-0.3, -0.25) is 9.48 Å². The van der Waals surface area contributed by atoms with Crippen molar-refractivity contribution in [3.05, 3.63) is 35.5 Å². The Morgan fingerprint density at radius 2 is 1.90 bits per heavy atom. The first kappa shape index (κ1) is 20.9. The van der Waals surface area contributed by atoms with Crippen LogP contribution in [0.2, 0.25) is 0 Å². The summed E-state index contributed by atoms with van der Waals surface area (Å²) in [7, 11) is 1.73. The average Bonchev–Trinajstić information content (AvgIpc) is 2.97. The predicted molar refractivity (Wildman–Crippen MR) is 108 cm³/mol. The summed E-state index contributed by atoms with van der Waals surface area (Å²) in [6.07, 6.45) is 3.16. The van der Waals surface area contributed by atoms with Gasteiger partial charge in [-0.2, -0.15) is 5.10 Å². The van der Waals surface area contributed by atoms with Crippen molar-refractivity contribution in [3.8, 4) is 17.0 Å². The molecule has 7 heteroatoms. The minimum absolute atomic E-state index is 0.0361. The first-order valence-corrected chi connectivity index (χ1v) is 10.0. The van der Waals surface area contributed by atoms with Crippen molar-refractivity contribution >= 4 is 11.9 Å². The molecule has 0 saturated heterocycles. The molecule has 29 heavy (non-hydrogen) atoms. The van der Waals surface area contributed by atoms with E-state index in [9.17, 15) is 14.7 Å². The molecule has 0 aliphatic heterocycles. The van der Waals surface area contributed by atoms with Crippen LogP contribution < -0.4 is 4.74 Å². The van der Waals surface area contributed by atoms with Crippen molar-refractivity contribution in [2.75, 3.05) is 0 Å². The lowest BCUT2D eigenvalue weighted by atomic mass is 9.87. The molecule has 2 aromatic rings. The van der Waals surface area contributed by atoms with Gasteiger partial charge in [-0.25, -0.2) is 4.79 Å². The summed E-state index contributed by atoms with van der Waals surface area (Å²) in [5.74, 6) is -0.561. The van der Waals surface area contributed by atoms with Gasteiger partial charge in [0.25, 0.3) is 0 Å². The standard InChI is InChI=1S/C22H28N2O5/c1-13(2)28-22(27)16-6-5-7-18(12-16)29-17-10-8-15(9-11-17)20-19(21(25)26)14(3)24(4)23-20/h8-11,13,16,18H,5-7,12H2,1-4H3,(H,25,26)/t16-,18?/m0/s1. The zero-order valence-corrected chi connectivity index (χ0v) is 17.3. The lowest BCUT2D eigenvalue weighted by Gasteiger charge is -2.29. The fraction of sp³-hybridized carbons (Fsp3) is 0.500. The molecule has 7 nitrogen and oxygen atoms in total. The van der Waals surface area contributed by atoms with Gasteiger partial charge < -0.3 is 14.6 Å². The number of carboxylic acids is 1. The van der Waals surface area contributed by atoms with Crippen LogP contribution in [0.5, 0.6) is 5.75 Å². The van der Waals surface area contributed by atoms with Gasteiger partial charge in [-0.1, -0.05) is 0 Å². The maximum atomic E-state index is 12.2. The van der Waals surface area contributed by atoms with E-state index in [0.717, 1.165) is 24.8 Å². The van der Waals surface area contributed by atoms with Crippen LogP contribution in [0.4, 0.5) is 0 Å². The molecule has 0 radical (unpaired) electrons. The maximum absolute atomic E-state index is 12.2. The molecule has 1 aromatic carbocycles. The molecular formula is C22H28N2O5. The third kappa shape index (κ3) is 4.78. The van der Waals surface area contributed by atoms with Gasteiger partial charge in [-0.15, -0.1) is 0 Å². The van der Waals surface area contributed by atoms with Crippen molar-refractivity contribution in [3.63, 3.8) is 0 Å². The SMILES string of the molecule is Cc1c(C(=O)O)c(-c2ccc(OC3CCC[C@H](C(=O)OC(C)C)C3)cc2)nn1C. The first-order valence-electron chi connectivity index (χ1n) is 10.0. The van der Waals surface area contributed by atoms with Gasteiger partial charge in [0.1, 0.15) is 17.0 Å². The number of hydrogen-bond donors (Lipinski definition) is 1. The molecule has 0 bridgehead atoms. The highest BCUT2D eigenvalue weighted by molar-refractivity contribution is 5.96. The Balaban J connectivity index is 1.69. The van der Waals surface area contributed by atoms with Crippen LogP contribution in [-0.2, 0) is 16.6 Å². The number of ether oxygens (including phenoxy) is 2. The summed E-state index contributed by atoms with van der Waals surface area (Å²) in [6, 6.07) is 7.27. The van der Waals surface area contributed by atoms with Crippen LogP contribution in [-0.4, -0.2) is 39.0 Å². The van der Waals surface area contributed by atoms with E-state index in [1.54, 1.807) is 18.7 Å². The van der Waals surface area contributed by atoms with Gasteiger partial charge in [0.15, 0.2) is 0 Å². The van der Waals surface area contributed by atoms with Crippen molar-refractivity contribution < 1.29 is 24.2 Å². The lowest BCUT2D eigenvalue weighted by Crippen LogP contribution is -2.31. The second-order valence-corrected chi connectivity index (χ2v) is 7.85. The van der Waals surface area contributed by atoms with Crippen LogP contribution >= 0.6 is 0 Å². The second kappa shape index (κ2) is 8.68. The summed E-state index contributed by atoms with van der Waals surface area (Å²) in [6.45, 7) is 5.45. The predicted octanol–water partition coefficient (Wildman–Crippen LogP) is 3.98. The summed E-state index contributed by atoms with van der Waals surface area (Å²) in [4.78, 5) is 23.8. The largest absolute Gasteiger partial charge is 0.490 e. The highest BCUT2D eigenvalue weighted by Gasteiger charge is 2.30. The van der Waals surface area contributed by atoms with Crippen LogP contribution in [0.15, 0.2) is 24.3 Å². The van der Waals surface area contributed by atoms with E-state index in [4.69, 9.17) is 9.47 Å². The molecule has 0 spiro atoms. The Labute approximate surface area is 170 Å². The number of carboxylic acid groups (broad SMARTS) is 1. The number of nitrogens with zero attached hydrogens (tertiary/aromatic N) is 2. The van der Waals surface area contributed by atoms with E-state index < -0.39 is 5.97 Å². The smallest absolute Gasteiger partial charge is 0.339 e. The topological polar surface area (TPSA) is 90.7 Å². The van der Waals surface area contributed by atoms with Crippen LogP contribution in [0, 0.1) is 12.8 Å². The number of carbonyl (C=O) groups excluding carboxylic acids is 1. The Morgan fingerprint density at radius 3 is 2.52 bits per heavy atom. The molecule has 1 N–H and O–H groups in total. The number of aromatic nitrogens is 2. The van der Waals surface area contributed by atoms with Gasteiger partial charge in [0.2, 0.25) is 0 Å². The fourth-order valence-electron chi connectivity index (χ4n) is 3.74. The van der Waals surface area contributed by atoms with E-state index >= 15 is 0 Å². The van der Waals surface area contributed by atoms with Crippen molar-refractivity contribution in [1.29, 1.82) is 0 Å². The molecular weight excluding hydrogens is 372 g/mol. The maximum Gasteiger partial charge on any atom is 0.339 e. The number of aryl methyl sites for hydroxylation is 1. The van der Waals surface area contributed by atoms with Crippen LogP contribution in [0.1, 0.15) is 55.6 Å².